The van der Waals surface area contributed by atoms with E-state index in [-0.39, 0.29) is 18.0 Å². The summed E-state index contributed by atoms with van der Waals surface area (Å²) in [6, 6.07) is 6.50. The summed E-state index contributed by atoms with van der Waals surface area (Å²) in [4.78, 5) is 47.0. The van der Waals surface area contributed by atoms with Crippen molar-refractivity contribution in [1.82, 2.24) is 19.8 Å². The topological polar surface area (TPSA) is 95.6 Å². The maximum Gasteiger partial charge on any atom is 0.410 e. The molecule has 138 valence electrons. The van der Waals surface area contributed by atoms with Gasteiger partial charge in [-0.2, -0.15) is 0 Å². The first-order chi connectivity index (χ1) is 12.5. The number of ether oxygens (including phenoxy) is 1. The molecule has 1 atom stereocenters. The number of likely N-dealkylation sites (N-methyl/N-ethyl adjacent to an activating group) is 1. The van der Waals surface area contributed by atoms with Crippen LogP contribution < -0.4 is 5.56 Å². The predicted molar refractivity (Wildman–Crippen MR) is 95.6 cm³/mol. The van der Waals surface area contributed by atoms with Gasteiger partial charge in [0, 0.05) is 13.6 Å². The molecule has 1 saturated heterocycles. The minimum absolute atomic E-state index is 0.157. The van der Waals surface area contributed by atoms with Gasteiger partial charge in [-0.25, -0.2) is 9.78 Å². The summed E-state index contributed by atoms with van der Waals surface area (Å²) in [5.74, 6) is 0.218. The number of hydrogen-bond acceptors (Lipinski definition) is 5. The second-order valence-electron chi connectivity index (χ2n) is 6.40. The maximum atomic E-state index is 12.8. The normalized spacial score (nSPS) is 17.2. The van der Waals surface area contributed by atoms with Crippen molar-refractivity contribution in [2.24, 2.45) is 0 Å². The van der Waals surface area contributed by atoms with E-state index in [4.69, 9.17) is 4.74 Å². The first-order valence-corrected chi connectivity index (χ1v) is 8.58. The third-order valence-corrected chi connectivity index (χ3v) is 4.62. The molecule has 26 heavy (non-hydrogen) atoms. The SMILES string of the molecule is COC(=O)N1CCCCC1C(=O)N(C)Cc1nc2ccccc2c(=O)[nH]1. The van der Waals surface area contributed by atoms with E-state index in [0.717, 1.165) is 12.8 Å². The highest BCUT2D eigenvalue weighted by molar-refractivity contribution is 5.85. The van der Waals surface area contributed by atoms with Gasteiger partial charge < -0.3 is 14.6 Å². The Labute approximate surface area is 150 Å². The molecular formula is C18H22N4O4. The summed E-state index contributed by atoms with van der Waals surface area (Å²) < 4.78 is 4.79. The molecule has 1 aromatic heterocycles. The summed E-state index contributed by atoms with van der Waals surface area (Å²) in [5, 5.41) is 0.509. The van der Waals surface area contributed by atoms with Gasteiger partial charge >= 0.3 is 6.09 Å². The number of hydrogen-bond donors (Lipinski definition) is 1. The molecule has 2 aromatic rings. The smallest absolute Gasteiger partial charge is 0.410 e. The van der Waals surface area contributed by atoms with Gasteiger partial charge in [-0.3, -0.25) is 14.5 Å². The van der Waals surface area contributed by atoms with Crippen LogP contribution in [0.4, 0.5) is 4.79 Å². The van der Waals surface area contributed by atoms with Crippen molar-refractivity contribution >= 4 is 22.9 Å². The molecule has 0 saturated carbocycles. The van der Waals surface area contributed by atoms with E-state index in [1.165, 1.54) is 16.9 Å². The largest absolute Gasteiger partial charge is 0.453 e. The lowest BCUT2D eigenvalue weighted by molar-refractivity contribution is -0.136. The van der Waals surface area contributed by atoms with Gasteiger partial charge in [0.05, 0.1) is 24.6 Å². The Hall–Kier alpha value is -2.90. The number of aromatic amines is 1. The van der Waals surface area contributed by atoms with Crippen LogP contribution in [0.25, 0.3) is 10.9 Å². The highest BCUT2D eigenvalue weighted by Gasteiger charge is 2.34. The number of likely N-dealkylation sites (tertiary alicyclic amines) is 1. The van der Waals surface area contributed by atoms with Gasteiger partial charge in [0.15, 0.2) is 0 Å². The van der Waals surface area contributed by atoms with Crippen LogP contribution in [0.3, 0.4) is 0 Å². The molecule has 8 nitrogen and oxygen atoms in total. The van der Waals surface area contributed by atoms with Crippen LogP contribution in [0.1, 0.15) is 25.1 Å². The monoisotopic (exact) mass is 358 g/mol. The number of nitrogens with one attached hydrogen (secondary N) is 1. The lowest BCUT2D eigenvalue weighted by Gasteiger charge is -2.35. The quantitative estimate of drug-likeness (QED) is 0.897. The molecule has 1 N–H and O–H groups in total. The molecular weight excluding hydrogens is 336 g/mol. The Morgan fingerprint density at radius 2 is 2.12 bits per heavy atom. The zero-order valence-corrected chi connectivity index (χ0v) is 14.9. The number of nitrogens with zero attached hydrogens (tertiary/aromatic N) is 3. The van der Waals surface area contributed by atoms with Gasteiger partial charge in [-0.15, -0.1) is 0 Å². The Morgan fingerprint density at radius 3 is 2.88 bits per heavy atom. The van der Waals surface area contributed by atoms with Crippen molar-refractivity contribution < 1.29 is 14.3 Å². The van der Waals surface area contributed by atoms with Gasteiger partial charge in [0.1, 0.15) is 11.9 Å². The molecule has 1 fully saturated rings. The highest BCUT2D eigenvalue weighted by Crippen LogP contribution is 2.20. The van der Waals surface area contributed by atoms with Crippen molar-refractivity contribution in [3.8, 4) is 0 Å². The van der Waals surface area contributed by atoms with Crippen LogP contribution in [-0.2, 0) is 16.1 Å². The fourth-order valence-electron chi connectivity index (χ4n) is 3.29. The van der Waals surface area contributed by atoms with E-state index < -0.39 is 12.1 Å². The third kappa shape index (κ3) is 3.54. The molecule has 0 radical (unpaired) electrons. The average molecular weight is 358 g/mol. The molecule has 0 aliphatic carbocycles. The number of aromatic nitrogens is 2. The maximum absolute atomic E-state index is 12.8. The minimum Gasteiger partial charge on any atom is -0.453 e. The van der Waals surface area contributed by atoms with Crippen LogP contribution in [0.2, 0.25) is 0 Å². The lowest BCUT2D eigenvalue weighted by Crippen LogP contribution is -2.52. The van der Waals surface area contributed by atoms with Gasteiger partial charge in [-0.1, -0.05) is 12.1 Å². The second-order valence-corrected chi connectivity index (χ2v) is 6.40. The number of methoxy groups -OCH3 is 1. The van der Waals surface area contributed by atoms with Crippen molar-refractivity contribution in [2.75, 3.05) is 20.7 Å². The Kier molecular flexibility index (Phi) is 5.20. The summed E-state index contributed by atoms with van der Waals surface area (Å²) in [7, 11) is 2.95. The van der Waals surface area contributed by atoms with Crippen LogP contribution in [-0.4, -0.2) is 58.5 Å². The average Bonchev–Trinajstić information content (AvgIpc) is 2.66. The fraction of sp³-hybridized carbons (Fsp3) is 0.444. The van der Waals surface area contributed by atoms with Gasteiger partial charge in [0.2, 0.25) is 5.91 Å². The molecule has 8 heteroatoms. The summed E-state index contributed by atoms with van der Waals surface area (Å²) in [6.45, 7) is 0.659. The van der Waals surface area contributed by atoms with Gasteiger partial charge in [0.25, 0.3) is 5.56 Å². The highest BCUT2D eigenvalue weighted by atomic mass is 16.5. The number of H-pyrrole nitrogens is 1. The third-order valence-electron chi connectivity index (χ3n) is 4.62. The van der Waals surface area contributed by atoms with Crippen molar-refractivity contribution in [1.29, 1.82) is 0 Å². The minimum atomic E-state index is -0.548. The van der Waals surface area contributed by atoms with Crippen molar-refractivity contribution in [3.05, 3.63) is 40.4 Å². The number of piperidine rings is 1. The molecule has 1 aromatic carbocycles. The first-order valence-electron chi connectivity index (χ1n) is 8.58. The number of amides is 2. The molecule has 0 spiro atoms. The lowest BCUT2D eigenvalue weighted by atomic mass is 10.0. The van der Waals surface area contributed by atoms with Crippen LogP contribution in [0, 0.1) is 0 Å². The number of rotatable bonds is 3. The summed E-state index contributed by atoms with van der Waals surface area (Å²) in [5.41, 5.74) is 0.348. The zero-order chi connectivity index (χ0) is 18.7. The fourth-order valence-corrected chi connectivity index (χ4v) is 3.29. The molecule has 1 aliphatic rings. The zero-order valence-electron chi connectivity index (χ0n) is 14.9. The van der Waals surface area contributed by atoms with E-state index in [1.807, 2.05) is 6.07 Å². The molecule has 2 heterocycles. The molecule has 1 unspecified atom stereocenters. The summed E-state index contributed by atoms with van der Waals surface area (Å²) in [6.07, 6.45) is 1.83. The Bertz CT molecular complexity index is 879. The Morgan fingerprint density at radius 1 is 1.35 bits per heavy atom. The number of fused-ring (bicyclic) bond motifs is 1. The molecule has 2 amide bonds. The van der Waals surface area contributed by atoms with Crippen molar-refractivity contribution in [3.63, 3.8) is 0 Å². The molecule has 3 rings (SSSR count). The van der Waals surface area contributed by atoms with E-state index in [1.54, 1.807) is 25.2 Å². The van der Waals surface area contributed by atoms with Crippen molar-refractivity contribution in [2.45, 2.75) is 31.8 Å². The van der Waals surface area contributed by atoms with E-state index in [0.29, 0.717) is 29.7 Å². The molecule has 1 aliphatic heterocycles. The standard InChI is InChI=1S/C18H22N4O4/c1-21(17(24)14-9-5-6-10-22(14)18(25)26-2)11-15-19-13-8-4-3-7-12(13)16(23)20-15/h3-4,7-8,14H,5-6,9-11H2,1-2H3,(H,19,20,23). The second kappa shape index (κ2) is 7.55. The van der Waals surface area contributed by atoms with E-state index >= 15 is 0 Å². The molecule has 0 bridgehead atoms. The van der Waals surface area contributed by atoms with E-state index in [2.05, 4.69) is 9.97 Å². The van der Waals surface area contributed by atoms with Crippen LogP contribution in [0.5, 0.6) is 0 Å². The van der Waals surface area contributed by atoms with Crippen LogP contribution in [0.15, 0.2) is 29.1 Å². The Balaban J connectivity index is 1.78. The number of para-hydroxylation sites is 1. The van der Waals surface area contributed by atoms with Crippen LogP contribution >= 0.6 is 0 Å². The predicted octanol–water partition coefficient (Wildman–Crippen LogP) is 1.50. The van der Waals surface area contributed by atoms with Gasteiger partial charge in [-0.05, 0) is 31.4 Å². The number of benzene rings is 1. The first kappa shape index (κ1) is 17.9. The number of carbonyl (C=O) groups excluding carboxylic acids is 2. The number of carbonyl (C=O) groups is 2. The van der Waals surface area contributed by atoms with E-state index in [9.17, 15) is 14.4 Å². The summed E-state index contributed by atoms with van der Waals surface area (Å²) >= 11 is 0.